The van der Waals surface area contributed by atoms with Crippen molar-refractivity contribution in [3.63, 3.8) is 0 Å². The Kier molecular flexibility index (Phi) is 5.11. The molecule has 1 unspecified atom stereocenters. The van der Waals surface area contributed by atoms with Gasteiger partial charge in [-0.25, -0.2) is 0 Å². The van der Waals surface area contributed by atoms with Crippen LogP contribution in [0, 0.1) is 0 Å². The number of benzene rings is 1. The first kappa shape index (κ1) is 13.5. The SMILES string of the molecule is CCCNC(Cc1ccccc1Cl)c1cnns1. The fourth-order valence-corrected chi connectivity index (χ4v) is 2.59. The second kappa shape index (κ2) is 6.83. The number of rotatable bonds is 6. The molecule has 2 aromatic rings. The summed E-state index contributed by atoms with van der Waals surface area (Å²) < 4.78 is 3.93. The van der Waals surface area contributed by atoms with Gasteiger partial charge in [-0.1, -0.05) is 41.2 Å². The molecule has 0 aliphatic heterocycles. The summed E-state index contributed by atoms with van der Waals surface area (Å²) in [4.78, 5) is 1.16. The van der Waals surface area contributed by atoms with Crippen molar-refractivity contribution in [2.75, 3.05) is 6.54 Å². The molecule has 0 fully saturated rings. The molecule has 96 valence electrons. The zero-order valence-corrected chi connectivity index (χ0v) is 11.8. The van der Waals surface area contributed by atoms with Crippen molar-refractivity contribution in [2.24, 2.45) is 0 Å². The van der Waals surface area contributed by atoms with Crippen molar-refractivity contribution < 1.29 is 0 Å². The lowest BCUT2D eigenvalue weighted by atomic mass is 10.0. The molecule has 0 aliphatic carbocycles. The maximum atomic E-state index is 6.21. The highest BCUT2D eigenvalue weighted by Crippen LogP contribution is 2.24. The van der Waals surface area contributed by atoms with Crippen LogP contribution in [0.3, 0.4) is 0 Å². The van der Waals surface area contributed by atoms with Crippen molar-refractivity contribution in [2.45, 2.75) is 25.8 Å². The molecule has 0 saturated heterocycles. The summed E-state index contributed by atoms with van der Waals surface area (Å²) in [7, 11) is 0. The van der Waals surface area contributed by atoms with E-state index in [1.54, 1.807) is 0 Å². The van der Waals surface area contributed by atoms with E-state index in [2.05, 4.69) is 27.9 Å². The van der Waals surface area contributed by atoms with Crippen LogP contribution in [0.1, 0.15) is 29.8 Å². The van der Waals surface area contributed by atoms with Crippen LogP contribution in [0.2, 0.25) is 5.02 Å². The Morgan fingerprint density at radius 3 is 2.89 bits per heavy atom. The maximum absolute atomic E-state index is 6.21. The van der Waals surface area contributed by atoms with E-state index < -0.39 is 0 Å². The average molecular weight is 282 g/mol. The summed E-state index contributed by atoms with van der Waals surface area (Å²) in [6, 6.07) is 8.21. The van der Waals surface area contributed by atoms with Gasteiger partial charge >= 0.3 is 0 Å². The van der Waals surface area contributed by atoms with E-state index in [4.69, 9.17) is 11.6 Å². The molecular formula is C13H16ClN3S. The van der Waals surface area contributed by atoms with Crippen LogP contribution in [0.25, 0.3) is 0 Å². The summed E-state index contributed by atoms with van der Waals surface area (Å²) in [5.41, 5.74) is 1.15. The van der Waals surface area contributed by atoms with Gasteiger partial charge in [0.05, 0.1) is 11.1 Å². The van der Waals surface area contributed by atoms with E-state index in [0.29, 0.717) is 0 Å². The van der Waals surface area contributed by atoms with Gasteiger partial charge in [-0.15, -0.1) is 5.10 Å². The van der Waals surface area contributed by atoms with Gasteiger partial charge in [-0.3, -0.25) is 0 Å². The third-order valence-electron chi connectivity index (χ3n) is 2.74. The van der Waals surface area contributed by atoms with E-state index in [-0.39, 0.29) is 6.04 Å². The molecule has 1 aromatic carbocycles. The van der Waals surface area contributed by atoms with Crippen LogP contribution >= 0.6 is 23.1 Å². The molecule has 0 spiro atoms. The Balaban J connectivity index is 2.13. The first-order chi connectivity index (χ1) is 8.81. The fourth-order valence-electron chi connectivity index (χ4n) is 1.80. The van der Waals surface area contributed by atoms with Gasteiger partial charge in [0.25, 0.3) is 0 Å². The largest absolute Gasteiger partial charge is 0.309 e. The molecule has 18 heavy (non-hydrogen) atoms. The molecule has 0 saturated carbocycles. The van der Waals surface area contributed by atoms with Gasteiger partial charge in [-0.05, 0) is 42.5 Å². The van der Waals surface area contributed by atoms with Crippen LogP contribution < -0.4 is 5.32 Å². The third-order valence-corrected chi connectivity index (χ3v) is 3.89. The lowest BCUT2D eigenvalue weighted by Gasteiger charge is -2.17. The Morgan fingerprint density at radius 2 is 2.22 bits per heavy atom. The summed E-state index contributed by atoms with van der Waals surface area (Å²) >= 11 is 7.65. The Morgan fingerprint density at radius 1 is 1.39 bits per heavy atom. The molecule has 1 N–H and O–H groups in total. The van der Waals surface area contributed by atoms with Gasteiger partial charge in [0, 0.05) is 11.1 Å². The average Bonchev–Trinajstić information content (AvgIpc) is 2.90. The van der Waals surface area contributed by atoms with Crippen molar-refractivity contribution in [1.82, 2.24) is 14.9 Å². The molecule has 1 aromatic heterocycles. The molecule has 0 amide bonds. The molecule has 2 rings (SSSR count). The second-order valence-electron chi connectivity index (χ2n) is 4.12. The van der Waals surface area contributed by atoms with E-state index >= 15 is 0 Å². The van der Waals surface area contributed by atoms with Crippen LogP contribution in [0.4, 0.5) is 0 Å². The number of nitrogens with one attached hydrogen (secondary N) is 1. The molecule has 1 atom stereocenters. The zero-order chi connectivity index (χ0) is 12.8. The van der Waals surface area contributed by atoms with Crippen LogP contribution in [-0.4, -0.2) is 16.1 Å². The predicted molar refractivity (Wildman–Crippen MR) is 76.1 cm³/mol. The molecule has 5 heteroatoms. The van der Waals surface area contributed by atoms with Crippen molar-refractivity contribution in [1.29, 1.82) is 0 Å². The monoisotopic (exact) mass is 281 g/mol. The van der Waals surface area contributed by atoms with Crippen LogP contribution in [-0.2, 0) is 6.42 Å². The topological polar surface area (TPSA) is 37.8 Å². The predicted octanol–water partition coefficient (Wildman–Crippen LogP) is 3.47. The van der Waals surface area contributed by atoms with E-state index in [1.165, 1.54) is 11.5 Å². The first-order valence-electron chi connectivity index (χ1n) is 6.05. The highest BCUT2D eigenvalue weighted by molar-refractivity contribution is 7.05. The molecule has 3 nitrogen and oxygen atoms in total. The van der Waals surface area contributed by atoms with Gasteiger partial charge in [0.15, 0.2) is 0 Å². The minimum absolute atomic E-state index is 0.241. The lowest BCUT2D eigenvalue weighted by Crippen LogP contribution is -2.23. The molecule has 0 bridgehead atoms. The Labute approximate surface area is 116 Å². The number of hydrogen-bond acceptors (Lipinski definition) is 4. The fraction of sp³-hybridized carbons (Fsp3) is 0.385. The minimum Gasteiger partial charge on any atom is -0.309 e. The van der Waals surface area contributed by atoms with E-state index in [1.807, 2.05) is 24.4 Å². The lowest BCUT2D eigenvalue weighted by molar-refractivity contribution is 0.536. The minimum atomic E-state index is 0.241. The Bertz CT molecular complexity index is 473. The zero-order valence-electron chi connectivity index (χ0n) is 10.3. The van der Waals surface area contributed by atoms with Crippen LogP contribution in [0.5, 0.6) is 0 Å². The van der Waals surface area contributed by atoms with Crippen molar-refractivity contribution >= 4 is 23.1 Å². The van der Waals surface area contributed by atoms with E-state index in [0.717, 1.165) is 34.8 Å². The molecular weight excluding hydrogens is 266 g/mol. The summed E-state index contributed by atoms with van der Waals surface area (Å²) in [6.07, 6.45) is 3.80. The maximum Gasteiger partial charge on any atom is 0.0669 e. The Hall–Kier alpha value is -0.970. The normalized spacial score (nSPS) is 12.6. The summed E-state index contributed by atoms with van der Waals surface area (Å²) in [6.45, 7) is 3.14. The summed E-state index contributed by atoms with van der Waals surface area (Å²) in [5.74, 6) is 0. The van der Waals surface area contributed by atoms with Crippen molar-refractivity contribution in [3.8, 4) is 0 Å². The standard InChI is InChI=1S/C13H16ClN3S/c1-2-7-15-12(13-9-16-17-18-13)8-10-5-3-4-6-11(10)14/h3-6,9,12,15H,2,7-8H2,1H3. The number of aromatic nitrogens is 2. The van der Waals surface area contributed by atoms with Gasteiger partial charge in [0.1, 0.15) is 0 Å². The molecule has 1 heterocycles. The highest BCUT2D eigenvalue weighted by atomic mass is 35.5. The smallest absolute Gasteiger partial charge is 0.0669 e. The van der Waals surface area contributed by atoms with Gasteiger partial charge in [0.2, 0.25) is 0 Å². The third kappa shape index (κ3) is 3.51. The quantitative estimate of drug-likeness (QED) is 0.881. The van der Waals surface area contributed by atoms with Crippen LogP contribution in [0.15, 0.2) is 30.5 Å². The molecule has 0 radical (unpaired) electrons. The van der Waals surface area contributed by atoms with Gasteiger partial charge in [-0.2, -0.15) is 0 Å². The molecule has 0 aliphatic rings. The van der Waals surface area contributed by atoms with E-state index in [9.17, 15) is 0 Å². The highest BCUT2D eigenvalue weighted by Gasteiger charge is 2.15. The van der Waals surface area contributed by atoms with Crippen molar-refractivity contribution in [3.05, 3.63) is 45.9 Å². The second-order valence-corrected chi connectivity index (χ2v) is 5.35. The summed E-state index contributed by atoms with van der Waals surface area (Å²) in [5, 5.41) is 8.25. The number of hydrogen-bond donors (Lipinski definition) is 1. The number of halogens is 1. The number of nitrogens with zero attached hydrogens (tertiary/aromatic N) is 2. The van der Waals surface area contributed by atoms with Gasteiger partial charge < -0.3 is 5.32 Å². The first-order valence-corrected chi connectivity index (χ1v) is 7.20.